The summed E-state index contributed by atoms with van der Waals surface area (Å²) in [5.41, 5.74) is 3.31. The molecule has 2 amide bonds. The van der Waals surface area contributed by atoms with E-state index in [-0.39, 0.29) is 18.4 Å². The molecule has 6 nitrogen and oxygen atoms in total. The van der Waals surface area contributed by atoms with Gasteiger partial charge in [-0.25, -0.2) is 4.98 Å². The first-order valence-electron chi connectivity index (χ1n) is 10.5. The molecular formula is C25H20ClN3O3S. The first kappa shape index (κ1) is 21.4. The van der Waals surface area contributed by atoms with Crippen molar-refractivity contribution in [2.45, 2.75) is 13.0 Å². The van der Waals surface area contributed by atoms with Gasteiger partial charge in [-0.1, -0.05) is 53.3 Å². The number of hydrogen-bond acceptors (Lipinski definition) is 5. The second kappa shape index (κ2) is 9.21. The molecule has 0 aliphatic carbocycles. The number of carbonyl (C=O) groups is 2. The maximum atomic E-state index is 13.1. The van der Waals surface area contributed by atoms with Crippen molar-refractivity contribution >= 4 is 50.1 Å². The highest BCUT2D eigenvalue weighted by Crippen LogP contribution is 2.29. The van der Waals surface area contributed by atoms with E-state index in [9.17, 15) is 9.59 Å². The molecule has 166 valence electrons. The number of carbonyl (C=O) groups excluding carboxylic acids is 2. The van der Waals surface area contributed by atoms with Gasteiger partial charge in [0.1, 0.15) is 5.75 Å². The van der Waals surface area contributed by atoms with Crippen LogP contribution in [0.25, 0.3) is 10.2 Å². The van der Waals surface area contributed by atoms with E-state index in [1.807, 2.05) is 53.4 Å². The summed E-state index contributed by atoms with van der Waals surface area (Å²) < 4.78 is 6.81. The molecule has 0 saturated heterocycles. The summed E-state index contributed by atoms with van der Waals surface area (Å²) in [4.78, 5) is 31.7. The molecule has 0 radical (unpaired) electrons. The Hall–Kier alpha value is -3.42. The summed E-state index contributed by atoms with van der Waals surface area (Å²) in [6, 6.07) is 20.6. The Kier molecular flexibility index (Phi) is 5.98. The van der Waals surface area contributed by atoms with Gasteiger partial charge in [-0.05, 0) is 48.4 Å². The number of fused-ring (bicyclic) bond motifs is 2. The molecule has 2 heterocycles. The number of hydrogen-bond donors (Lipinski definition) is 1. The van der Waals surface area contributed by atoms with E-state index in [1.165, 1.54) is 11.3 Å². The molecule has 0 fully saturated rings. The molecule has 0 atom stereocenters. The average molecular weight is 478 g/mol. The summed E-state index contributed by atoms with van der Waals surface area (Å²) in [5.74, 6) is 0.222. The van der Waals surface area contributed by atoms with Crippen molar-refractivity contribution in [3.8, 4) is 5.75 Å². The van der Waals surface area contributed by atoms with Gasteiger partial charge in [0.15, 0.2) is 11.7 Å². The molecule has 3 aromatic carbocycles. The molecule has 5 rings (SSSR count). The van der Waals surface area contributed by atoms with Gasteiger partial charge in [-0.2, -0.15) is 0 Å². The maximum absolute atomic E-state index is 13.1. The highest BCUT2D eigenvalue weighted by Gasteiger charge is 2.27. The highest BCUT2D eigenvalue weighted by atomic mass is 35.5. The Morgan fingerprint density at radius 3 is 2.73 bits per heavy atom. The van der Waals surface area contributed by atoms with Crippen molar-refractivity contribution in [2.24, 2.45) is 0 Å². The van der Waals surface area contributed by atoms with Crippen molar-refractivity contribution < 1.29 is 14.3 Å². The van der Waals surface area contributed by atoms with Crippen LogP contribution < -0.4 is 10.1 Å². The summed E-state index contributed by atoms with van der Waals surface area (Å²) >= 11 is 7.37. The molecule has 0 saturated carbocycles. The van der Waals surface area contributed by atoms with Crippen LogP contribution in [0, 0.1) is 0 Å². The van der Waals surface area contributed by atoms with Gasteiger partial charge in [-0.15, -0.1) is 0 Å². The number of ether oxygens (including phenoxy) is 1. The predicted molar refractivity (Wildman–Crippen MR) is 130 cm³/mol. The Balaban J connectivity index is 1.24. The van der Waals surface area contributed by atoms with Gasteiger partial charge in [0.2, 0.25) is 0 Å². The van der Waals surface area contributed by atoms with Crippen molar-refractivity contribution in [1.29, 1.82) is 0 Å². The number of halogens is 1. The van der Waals surface area contributed by atoms with Gasteiger partial charge < -0.3 is 9.64 Å². The zero-order chi connectivity index (χ0) is 22.8. The van der Waals surface area contributed by atoms with Crippen molar-refractivity contribution in [2.75, 3.05) is 18.5 Å². The Bertz CT molecular complexity index is 1300. The molecular weight excluding hydrogens is 458 g/mol. The van der Waals surface area contributed by atoms with E-state index in [1.54, 1.807) is 18.2 Å². The van der Waals surface area contributed by atoms with E-state index in [0.29, 0.717) is 41.0 Å². The first-order chi connectivity index (χ1) is 16.1. The van der Waals surface area contributed by atoms with Crippen LogP contribution in [0.15, 0.2) is 66.7 Å². The lowest BCUT2D eigenvalue weighted by Crippen LogP contribution is -2.37. The monoisotopic (exact) mass is 477 g/mol. The van der Waals surface area contributed by atoms with Crippen molar-refractivity contribution in [3.63, 3.8) is 0 Å². The lowest BCUT2D eigenvalue weighted by molar-refractivity contribution is -0.118. The quantitative estimate of drug-likeness (QED) is 0.416. The summed E-state index contributed by atoms with van der Waals surface area (Å²) in [6.07, 6.45) is 0.657. The zero-order valence-corrected chi connectivity index (χ0v) is 19.2. The minimum atomic E-state index is -0.293. The number of nitrogens with one attached hydrogen (secondary N) is 1. The van der Waals surface area contributed by atoms with E-state index in [0.717, 1.165) is 21.3 Å². The predicted octanol–water partition coefficient (Wildman–Crippen LogP) is 5.17. The SMILES string of the molecule is O=C(COc1cccc2c1CCN(Cc1ccc(Cl)cc1)C2=O)Nc1nc2ccccc2s1. The van der Waals surface area contributed by atoms with Gasteiger partial charge in [0.05, 0.1) is 10.2 Å². The minimum absolute atomic E-state index is 0.0458. The highest BCUT2D eigenvalue weighted by molar-refractivity contribution is 7.22. The molecule has 1 aliphatic heterocycles. The topological polar surface area (TPSA) is 71.5 Å². The van der Waals surface area contributed by atoms with E-state index >= 15 is 0 Å². The Morgan fingerprint density at radius 1 is 1.09 bits per heavy atom. The van der Waals surface area contributed by atoms with Crippen LogP contribution in [0.4, 0.5) is 5.13 Å². The largest absolute Gasteiger partial charge is 0.483 e. The fourth-order valence-corrected chi connectivity index (χ4v) is 4.87. The fraction of sp³-hybridized carbons (Fsp3) is 0.160. The fourth-order valence-electron chi connectivity index (χ4n) is 3.86. The minimum Gasteiger partial charge on any atom is -0.483 e. The van der Waals surface area contributed by atoms with Gasteiger partial charge in [0, 0.05) is 29.2 Å². The first-order valence-corrected chi connectivity index (χ1v) is 11.7. The third-order valence-corrected chi connectivity index (χ3v) is 6.67. The number of para-hydroxylation sites is 1. The van der Waals surface area contributed by atoms with Crippen LogP contribution >= 0.6 is 22.9 Å². The molecule has 8 heteroatoms. The third-order valence-electron chi connectivity index (χ3n) is 5.47. The molecule has 0 bridgehead atoms. The van der Waals surface area contributed by atoms with Crippen LogP contribution in [0.5, 0.6) is 5.75 Å². The lowest BCUT2D eigenvalue weighted by Gasteiger charge is -2.29. The molecule has 0 unspecified atom stereocenters. The van der Waals surface area contributed by atoms with E-state index < -0.39 is 0 Å². The summed E-state index contributed by atoms with van der Waals surface area (Å²) in [7, 11) is 0. The molecule has 0 spiro atoms. The average Bonchev–Trinajstić information content (AvgIpc) is 3.23. The van der Waals surface area contributed by atoms with Crippen LogP contribution in [-0.2, 0) is 17.8 Å². The summed E-state index contributed by atoms with van der Waals surface area (Å²) in [6.45, 7) is 0.937. The maximum Gasteiger partial charge on any atom is 0.264 e. The van der Waals surface area contributed by atoms with Gasteiger partial charge in [0.25, 0.3) is 11.8 Å². The van der Waals surface area contributed by atoms with E-state index in [2.05, 4.69) is 10.3 Å². The Morgan fingerprint density at radius 2 is 1.91 bits per heavy atom. The van der Waals surface area contributed by atoms with E-state index in [4.69, 9.17) is 16.3 Å². The zero-order valence-electron chi connectivity index (χ0n) is 17.6. The second-order valence-corrected chi connectivity index (χ2v) is 9.18. The number of benzene rings is 3. The van der Waals surface area contributed by atoms with Crippen LogP contribution in [0.2, 0.25) is 5.02 Å². The standard InChI is InChI=1S/C25H20ClN3O3S/c26-17-10-8-16(9-11-17)14-29-13-12-18-19(24(29)31)4-3-6-21(18)32-15-23(30)28-25-27-20-5-1-2-7-22(20)33-25/h1-11H,12-15H2,(H,27,28,30). The molecule has 33 heavy (non-hydrogen) atoms. The Labute approximate surface area is 199 Å². The molecule has 1 N–H and O–H groups in total. The molecule has 4 aromatic rings. The van der Waals surface area contributed by atoms with Crippen LogP contribution in [0.3, 0.4) is 0 Å². The second-order valence-electron chi connectivity index (χ2n) is 7.71. The lowest BCUT2D eigenvalue weighted by atomic mass is 9.97. The number of nitrogens with zero attached hydrogens (tertiary/aromatic N) is 2. The number of rotatable bonds is 6. The number of amides is 2. The van der Waals surface area contributed by atoms with Crippen LogP contribution in [0.1, 0.15) is 21.5 Å². The van der Waals surface area contributed by atoms with Gasteiger partial charge >= 0.3 is 0 Å². The van der Waals surface area contributed by atoms with Crippen molar-refractivity contribution in [1.82, 2.24) is 9.88 Å². The summed E-state index contributed by atoms with van der Waals surface area (Å²) in [5, 5.41) is 3.99. The number of thiazole rings is 1. The van der Waals surface area contributed by atoms with Crippen molar-refractivity contribution in [3.05, 3.63) is 88.4 Å². The van der Waals surface area contributed by atoms with Crippen LogP contribution in [-0.4, -0.2) is 34.8 Å². The molecule has 1 aliphatic rings. The number of anilines is 1. The number of aromatic nitrogens is 1. The third kappa shape index (κ3) is 4.69. The normalized spacial score (nSPS) is 13.1. The smallest absolute Gasteiger partial charge is 0.264 e. The molecule has 1 aromatic heterocycles. The van der Waals surface area contributed by atoms with Gasteiger partial charge in [-0.3, -0.25) is 14.9 Å².